The minimum absolute atomic E-state index is 0.292. The number of ether oxygens (including phenoxy) is 6. The molecule has 0 aliphatic carbocycles. The van der Waals surface area contributed by atoms with Crippen LogP contribution in [-0.4, -0.2) is 61.3 Å². The molecule has 0 aromatic carbocycles. The molecule has 150 valence electrons. The van der Waals surface area contributed by atoms with Gasteiger partial charge in [0.2, 0.25) is 0 Å². The van der Waals surface area contributed by atoms with Crippen LogP contribution in [0.5, 0.6) is 0 Å². The van der Waals surface area contributed by atoms with Gasteiger partial charge in [-0.3, -0.25) is 0 Å². The van der Waals surface area contributed by atoms with Crippen molar-refractivity contribution in [2.75, 3.05) is 13.2 Å². The molecule has 4 rings (SSSR count). The van der Waals surface area contributed by atoms with Gasteiger partial charge in [-0.25, -0.2) is 9.78 Å². The van der Waals surface area contributed by atoms with E-state index in [-0.39, 0.29) is 6.10 Å². The van der Waals surface area contributed by atoms with Crippen molar-refractivity contribution >= 4 is 0 Å². The first-order valence-corrected chi connectivity index (χ1v) is 9.48. The monoisotopic (exact) mass is 374 g/mol. The Balaban J connectivity index is 1.47. The van der Waals surface area contributed by atoms with E-state index in [0.29, 0.717) is 13.2 Å². The fourth-order valence-corrected chi connectivity index (χ4v) is 3.92. The third-order valence-corrected chi connectivity index (χ3v) is 5.19. The standard InChI is InChI=1S/C18H30O8/c1-16(2)20-10-11(22-16)12-13(14-15(21-12)24-17(3,4)23-14)25-26-18(5)8-6-7-9-19-18/h11-15H,6-10H2,1-5H3/t11-,12?,13?,14?,15?,18?/m1/s1. The second-order valence-corrected chi connectivity index (χ2v) is 8.52. The van der Waals surface area contributed by atoms with E-state index >= 15 is 0 Å². The van der Waals surface area contributed by atoms with Crippen molar-refractivity contribution in [3.05, 3.63) is 0 Å². The molecule has 0 aromatic heterocycles. The summed E-state index contributed by atoms with van der Waals surface area (Å²) in [6, 6.07) is 0. The largest absolute Gasteiger partial charge is 0.348 e. The first kappa shape index (κ1) is 19.0. The third kappa shape index (κ3) is 3.79. The Morgan fingerprint density at radius 1 is 0.846 bits per heavy atom. The lowest BCUT2D eigenvalue weighted by atomic mass is 10.1. The number of rotatable bonds is 4. The van der Waals surface area contributed by atoms with E-state index in [1.54, 1.807) is 0 Å². The highest BCUT2D eigenvalue weighted by molar-refractivity contribution is 4.98. The quantitative estimate of drug-likeness (QED) is 0.548. The Morgan fingerprint density at radius 2 is 1.65 bits per heavy atom. The molecule has 6 atom stereocenters. The van der Waals surface area contributed by atoms with Crippen LogP contribution >= 0.6 is 0 Å². The lowest BCUT2D eigenvalue weighted by molar-refractivity contribution is -0.456. The van der Waals surface area contributed by atoms with Gasteiger partial charge in [0, 0.05) is 6.42 Å². The highest BCUT2D eigenvalue weighted by Crippen LogP contribution is 2.42. The Morgan fingerprint density at radius 3 is 2.31 bits per heavy atom. The molecule has 0 saturated carbocycles. The topological polar surface area (TPSA) is 73.8 Å². The summed E-state index contributed by atoms with van der Waals surface area (Å²) in [5, 5.41) is 0. The zero-order chi connectivity index (χ0) is 18.6. The van der Waals surface area contributed by atoms with E-state index in [1.807, 2.05) is 34.6 Å². The maximum absolute atomic E-state index is 6.09. The Bertz CT molecular complexity index is 515. The van der Waals surface area contributed by atoms with E-state index < -0.39 is 42.0 Å². The van der Waals surface area contributed by atoms with E-state index in [9.17, 15) is 0 Å². The lowest BCUT2D eigenvalue weighted by Crippen LogP contribution is -2.46. The summed E-state index contributed by atoms with van der Waals surface area (Å²) in [5.41, 5.74) is 0. The predicted octanol–water partition coefficient (Wildman–Crippen LogP) is 2.25. The maximum atomic E-state index is 6.09. The highest BCUT2D eigenvalue weighted by atomic mass is 17.2. The molecular weight excluding hydrogens is 344 g/mol. The zero-order valence-electron chi connectivity index (χ0n) is 16.2. The van der Waals surface area contributed by atoms with Crippen LogP contribution in [0.2, 0.25) is 0 Å². The Labute approximate surface area is 154 Å². The summed E-state index contributed by atoms with van der Waals surface area (Å²) < 4.78 is 35.4. The van der Waals surface area contributed by atoms with Gasteiger partial charge in [0.15, 0.2) is 29.8 Å². The molecule has 26 heavy (non-hydrogen) atoms. The van der Waals surface area contributed by atoms with E-state index in [0.717, 1.165) is 19.3 Å². The third-order valence-electron chi connectivity index (χ3n) is 5.19. The summed E-state index contributed by atoms with van der Waals surface area (Å²) in [6.45, 7) is 10.4. The molecule has 4 heterocycles. The first-order chi connectivity index (χ1) is 12.2. The molecule has 4 saturated heterocycles. The van der Waals surface area contributed by atoms with Gasteiger partial charge >= 0.3 is 0 Å². The van der Waals surface area contributed by atoms with Gasteiger partial charge in [-0.1, -0.05) is 0 Å². The zero-order valence-corrected chi connectivity index (χ0v) is 16.2. The second-order valence-electron chi connectivity index (χ2n) is 8.52. The van der Waals surface area contributed by atoms with E-state index in [2.05, 4.69) is 0 Å². The van der Waals surface area contributed by atoms with Crippen molar-refractivity contribution in [2.24, 2.45) is 0 Å². The van der Waals surface area contributed by atoms with Crippen molar-refractivity contribution in [3.8, 4) is 0 Å². The molecule has 8 nitrogen and oxygen atoms in total. The summed E-state index contributed by atoms with van der Waals surface area (Å²) >= 11 is 0. The molecule has 5 unspecified atom stereocenters. The molecule has 4 aliphatic rings. The van der Waals surface area contributed by atoms with Crippen LogP contribution in [0.3, 0.4) is 0 Å². The average Bonchev–Trinajstić information content (AvgIpc) is 3.15. The molecule has 0 spiro atoms. The molecule has 0 aromatic rings. The molecule has 0 amide bonds. The van der Waals surface area contributed by atoms with Crippen LogP contribution in [0.1, 0.15) is 53.9 Å². The van der Waals surface area contributed by atoms with Gasteiger partial charge in [0.1, 0.15) is 18.3 Å². The van der Waals surface area contributed by atoms with Crippen molar-refractivity contribution in [1.29, 1.82) is 0 Å². The fraction of sp³-hybridized carbons (Fsp3) is 1.00. The first-order valence-electron chi connectivity index (χ1n) is 9.48. The summed E-state index contributed by atoms with van der Waals surface area (Å²) in [6.07, 6.45) is 0.688. The molecule has 0 radical (unpaired) electrons. The molecule has 4 fully saturated rings. The smallest absolute Gasteiger partial charge is 0.198 e. The van der Waals surface area contributed by atoms with Gasteiger partial charge in [0.05, 0.1) is 13.2 Å². The maximum Gasteiger partial charge on any atom is 0.198 e. The van der Waals surface area contributed by atoms with Crippen molar-refractivity contribution < 1.29 is 38.2 Å². The predicted molar refractivity (Wildman–Crippen MR) is 87.8 cm³/mol. The summed E-state index contributed by atoms with van der Waals surface area (Å²) in [4.78, 5) is 11.6. The van der Waals surface area contributed by atoms with Gasteiger partial charge in [-0.2, -0.15) is 0 Å². The van der Waals surface area contributed by atoms with Crippen molar-refractivity contribution in [3.63, 3.8) is 0 Å². The normalized spacial score (nSPS) is 47.2. The van der Waals surface area contributed by atoms with Crippen LogP contribution in [0.15, 0.2) is 0 Å². The van der Waals surface area contributed by atoms with Gasteiger partial charge < -0.3 is 28.4 Å². The molecule has 0 N–H and O–H groups in total. The summed E-state index contributed by atoms with van der Waals surface area (Å²) in [5.74, 6) is -2.15. The lowest BCUT2D eigenvalue weighted by Gasteiger charge is -2.34. The molecule has 8 heteroatoms. The van der Waals surface area contributed by atoms with Crippen molar-refractivity contribution in [2.45, 2.75) is 102 Å². The number of hydrogen-bond donors (Lipinski definition) is 0. The van der Waals surface area contributed by atoms with Crippen LogP contribution < -0.4 is 0 Å². The number of fused-ring (bicyclic) bond motifs is 1. The highest BCUT2D eigenvalue weighted by Gasteiger charge is 2.60. The van der Waals surface area contributed by atoms with E-state index in [4.69, 9.17) is 38.2 Å². The van der Waals surface area contributed by atoms with Crippen LogP contribution in [0.4, 0.5) is 0 Å². The Hall–Kier alpha value is -0.320. The SMILES string of the molecule is CC1(C)OC2OC([C@H]3COC(C)(C)O3)C(OOC3(C)CCCCO3)C2O1. The fourth-order valence-electron chi connectivity index (χ4n) is 3.92. The summed E-state index contributed by atoms with van der Waals surface area (Å²) in [7, 11) is 0. The van der Waals surface area contributed by atoms with Gasteiger partial charge in [-0.15, -0.1) is 0 Å². The Kier molecular flexibility index (Phi) is 4.85. The van der Waals surface area contributed by atoms with E-state index in [1.165, 1.54) is 0 Å². The minimum atomic E-state index is -0.762. The van der Waals surface area contributed by atoms with Gasteiger partial charge in [-0.05, 0) is 47.5 Å². The minimum Gasteiger partial charge on any atom is -0.348 e. The number of hydrogen-bond acceptors (Lipinski definition) is 8. The molecule has 4 aliphatic heterocycles. The second kappa shape index (κ2) is 6.63. The molecule has 0 bridgehead atoms. The average molecular weight is 374 g/mol. The van der Waals surface area contributed by atoms with Crippen molar-refractivity contribution in [1.82, 2.24) is 0 Å². The molecular formula is C18H30O8. The van der Waals surface area contributed by atoms with Gasteiger partial charge in [0.25, 0.3) is 0 Å². The van der Waals surface area contributed by atoms with Crippen LogP contribution in [-0.2, 0) is 38.2 Å². The van der Waals surface area contributed by atoms with Crippen LogP contribution in [0, 0.1) is 0 Å². The van der Waals surface area contributed by atoms with Crippen LogP contribution in [0.25, 0.3) is 0 Å².